The van der Waals surface area contributed by atoms with Gasteiger partial charge in [0.1, 0.15) is 11.6 Å². The molecule has 0 bridgehead atoms. The number of benzene rings is 2. The third kappa shape index (κ3) is 6.34. The van der Waals surface area contributed by atoms with Crippen molar-refractivity contribution in [2.45, 2.75) is 51.7 Å². The van der Waals surface area contributed by atoms with Crippen molar-refractivity contribution < 1.29 is 19.1 Å². The molecule has 0 aliphatic rings. The van der Waals surface area contributed by atoms with Crippen LogP contribution in [0.25, 0.3) is 0 Å². The van der Waals surface area contributed by atoms with E-state index in [0.717, 1.165) is 11.1 Å². The highest BCUT2D eigenvalue weighted by molar-refractivity contribution is 6.38. The van der Waals surface area contributed by atoms with E-state index < -0.39 is 35.2 Å². The number of Topliss-reactive ketones (excluding diaryl/α,β-unsaturated/α-hetero) is 1. The van der Waals surface area contributed by atoms with Crippen LogP contribution in [0.15, 0.2) is 60.7 Å². The molecule has 1 N–H and O–H groups in total. The molecule has 1 amide bonds. The van der Waals surface area contributed by atoms with Gasteiger partial charge in [-0.2, -0.15) is 0 Å². The number of carbonyl (C=O) groups is 3. The zero-order valence-electron chi connectivity index (χ0n) is 16.8. The molecule has 5 nitrogen and oxygen atoms in total. The van der Waals surface area contributed by atoms with Crippen molar-refractivity contribution >= 4 is 17.7 Å². The number of amides is 1. The molecule has 0 aliphatic heterocycles. The first-order valence-corrected chi connectivity index (χ1v) is 9.34. The molecule has 148 valence electrons. The van der Waals surface area contributed by atoms with Gasteiger partial charge in [-0.05, 0) is 31.9 Å². The van der Waals surface area contributed by atoms with Gasteiger partial charge < -0.3 is 10.1 Å². The Balaban J connectivity index is 2.14. The normalized spacial score (nSPS) is 13.3. The molecule has 2 aromatic rings. The number of hydrogen-bond acceptors (Lipinski definition) is 4. The van der Waals surface area contributed by atoms with Crippen LogP contribution in [0.1, 0.15) is 44.7 Å². The summed E-state index contributed by atoms with van der Waals surface area (Å²) in [7, 11) is 0. The maximum atomic E-state index is 12.6. The number of hydrogen-bond donors (Lipinski definition) is 1. The van der Waals surface area contributed by atoms with Gasteiger partial charge in [-0.25, -0.2) is 4.79 Å². The van der Waals surface area contributed by atoms with Gasteiger partial charge in [0.15, 0.2) is 0 Å². The van der Waals surface area contributed by atoms with E-state index in [1.165, 1.54) is 0 Å². The standard InChI is InChI=1S/C23H27NO4/c1-16(18-13-9-6-10-14-18)20(25)21(26)24-19(22(27)28-23(2,3)4)15-17-11-7-5-8-12-17/h5-14,16,19H,15H2,1-4H3,(H,24,26). The molecule has 2 atom stereocenters. The van der Waals surface area contributed by atoms with Crippen molar-refractivity contribution in [1.82, 2.24) is 5.32 Å². The molecule has 0 aliphatic carbocycles. The Bertz CT molecular complexity index is 810. The van der Waals surface area contributed by atoms with Crippen LogP contribution < -0.4 is 5.32 Å². The second-order valence-corrected chi connectivity index (χ2v) is 7.75. The monoisotopic (exact) mass is 381 g/mol. The van der Waals surface area contributed by atoms with Gasteiger partial charge in [0.25, 0.3) is 5.91 Å². The predicted octanol–water partition coefficient (Wildman–Crippen LogP) is 3.43. The SMILES string of the molecule is CC(C(=O)C(=O)NC(Cc1ccccc1)C(=O)OC(C)(C)C)c1ccccc1. The van der Waals surface area contributed by atoms with Gasteiger partial charge in [0.2, 0.25) is 5.78 Å². The van der Waals surface area contributed by atoms with Gasteiger partial charge in [0, 0.05) is 12.3 Å². The summed E-state index contributed by atoms with van der Waals surface area (Å²) in [6.07, 6.45) is 0.245. The van der Waals surface area contributed by atoms with Crippen molar-refractivity contribution in [3.8, 4) is 0 Å². The second-order valence-electron chi connectivity index (χ2n) is 7.75. The summed E-state index contributed by atoms with van der Waals surface area (Å²) in [5.41, 5.74) is 0.916. The van der Waals surface area contributed by atoms with Crippen molar-refractivity contribution in [3.05, 3.63) is 71.8 Å². The molecular weight excluding hydrogens is 354 g/mol. The van der Waals surface area contributed by atoms with E-state index in [1.807, 2.05) is 48.5 Å². The summed E-state index contributed by atoms with van der Waals surface area (Å²) in [6.45, 7) is 6.95. The van der Waals surface area contributed by atoms with Crippen LogP contribution in [0, 0.1) is 0 Å². The summed E-state index contributed by atoms with van der Waals surface area (Å²) in [6, 6.07) is 17.4. The third-order valence-corrected chi connectivity index (χ3v) is 4.20. The van der Waals surface area contributed by atoms with E-state index in [0.29, 0.717) is 0 Å². The molecule has 28 heavy (non-hydrogen) atoms. The molecule has 0 saturated heterocycles. The number of rotatable bonds is 7. The van der Waals surface area contributed by atoms with Crippen LogP contribution in [0.3, 0.4) is 0 Å². The van der Waals surface area contributed by atoms with Crippen molar-refractivity contribution in [3.63, 3.8) is 0 Å². The van der Waals surface area contributed by atoms with Crippen LogP contribution in [0.2, 0.25) is 0 Å². The molecule has 0 aromatic heterocycles. The Kier molecular flexibility index (Phi) is 7.10. The first kappa shape index (κ1) is 21.4. The molecule has 2 rings (SSSR count). The Hall–Kier alpha value is -2.95. The average molecular weight is 381 g/mol. The fourth-order valence-corrected chi connectivity index (χ4v) is 2.74. The predicted molar refractivity (Wildman–Crippen MR) is 108 cm³/mol. The summed E-state index contributed by atoms with van der Waals surface area (Å²) >= 11 is 0. The Morgan fingerprint density at radius 3 is 2.00 bits per heavy atom. The highest BCUT2D eigenvalue weighted by Crippen LogP contribution is 2.16. The summed E-state index contributed by atoms with van der Waals surface area (Å²) < 4.78 is 5.43. The molecule has 2 aromatic carbocycles. The zero-order valence-corrected chi connectivity index (χ0v) is 16.8. The quantitative estimate of drug-likeness (QED) is 0.589. The van der Waals surface area contributed by atoms with Crippen LogP contribution >= 0.6 is 0 Å². The lowest BCUT2D eigenvalue weighted by atomic mass is 9.96. The minimum atomic E-state index is -0.943. The number of ketones is 1. The second kappa shape index (κ2) is 9.31. The van der Waals surface area contributed by atoms with Crippen LogP contribution in [-0.4, -0.2) is 29.3 Å². The lowest BCUT2D eigenvalue weighted by Crippen LogP contribution is -2.48. The number of ether oxygens (including phenoxy) is 1. The maximum absolute atomic E-state index is 12.6. The number of nitrogens with one attached hydrogen (secondary N) is 1. The molecule has 5 heteroatoms. The van der Waals surface area contributed by atoms with Gasteiger partial charge in [-0.1, -0.05) is 67.6 Å². The number of carbonyl (C=O) groups excluding carboxylic acids is 3. The van der Waals surface area contributed by atoms with E-state index >= 15 is 0 Å². The lowest BCUT2D eigenvalue weighted by molar-refractivity contribution is -0.158. The van der Waals surface area contributed by atoms with Crippen molar-refractivity contribution in [1.29, 1.82) is 0 Å². The third-order valence-electron chi connectivity index (χ3n) is 4.20. The summed E-state index contributed by atoms with van der Waals surface area (Å²) in [5, 5.41) is 2.58. The lowest BCUT2D eigenvalue weighted by Gasteiger charge is -2.25. The van der Waals surface area contributed by atoms with Crippen molar-refractivity contribution in [2.24, 2.45) is 0 Å². The average Bonchev–Trinajstić information content (AvgIpc) is 2.66. The van der Waals surface area contributed by atoms with Gasteiger partial charge in [-0.15, -0.1) is 0 Å². The summed E-state index contributed by atoms with van der Waals surface area (Å²) in [4.78, 5) is 37.7. The highest BCUT2D eigenvalue weighted by Gasteiger charge is 2.30. The van der Waals surface area contributed by atoms with Gasteiger partial charge in [0.05, 0.1) is 0 Å². The maximum Gasteiger partial charge on any atom is 0.329 e. The van der Waals surface area contributed by atoms with Crippen LogP contribution in [-0.2, 0) is 25.5 Å². The topological polar surface area (TPSA) is 72.5 Å². The van der Waals surface area contributed by atoms with Crippen LogP contribution in [0.4, 0.5) is 0 Å². The van der Waals surface area contributed by atoms with E-state index in [2.05, 4.69) is 5.32 Å². The van der Waals surface area contributed by atoms with E-state index in [-0.39, 0.29) is 6.42 Å². The molecule has 0 radical (unpaired) electrons. The first-order chi connectivity index (χ1) is 13.2. The summed E-state index contributed by atoms with van der Waals surface area (Å²) in [5.74, 6) is -2.54. The molecule has 0 spiro atoms. The molecular formula is C23H27NO4. The van der Waals surface area contributed by atoms with Crippen molar-refractivity contribution in [2.75, 3.05) is 0 Å². The minimum absolute atomic E-state index is 0.245. The Morgan fingerprint density at radius 2 is 1.46 bits per heavy atom. The van der Waals surface area contributed by atoms with E-state index in [1.54, 1.807) is 39.8 Å². The molecule has 0 heterocycles. The van der Waals surface area contributed by atoms with Crippen LogP contribution in [0.5, 0.6) is 0 Å². The van der Waals surface area contributed by atoms with E-state index in [9.17, 15) is 14.4 Å². The van der Waals surface area contributed by atoms with E-state index in [4.69, 9.17) is 4.74 Å². The largest absolute Gasteiger partial charge is 0.458 e. The Labute approximate surface area is 166 Å². The Morgan fingerprint density at radius 1 is 0.929 bits per heavy atom. The minimum Gasteiger partial charge on any atom is -0.458 e. The van der Waals surface area contributed by atoms with Gasteiger partial charge >= 0.3 is 5.97 Å². The zero-order chi connectivity index (χ0) is 20.7. The fourth-order valence-electron chi connectivity index (χ4n) is 2.74. The smallest absolute Gasteiger partial charge is 0.329 e. The van der Waals surface area contributed by atoms with Gasteiger partial charge in [-0.3, -0.25) is 9.59 Å². The fraction of sp³-hybridized carbons (Fsp3) is 0.348. The molecule has 2 unspecified atom stereocenters. The molecule has 0 fully saturated rings. The first-order valence-electron chi connectivity index (χ1n) is 9.34. The highest BCUT2D eigenvalue weighted by atomic mass is 16.6. The number of esters is 1. The molecule has 0 saturated carbocycles.